The number of hydrogen-bond donors (Lipinski definition) is 2. The van der Waals surface area contributed by atoms with Crippen LogP contribution in [0.25, 0.3) is 0 Å². The normalized spacial score (nSPS) is 17.1. The molecule has 0 bridgehead atoms. The SMILES string of the molecule is Nc1ccc(N2CCC3(CC2)C(=O)Nc2ncccc23)cc1Oc1ccccc1. The van der Waals surface area contributed by atoms with Crippen LogP contribution >= 0.6 is 0 Å². The van der Waals surface area contributed by atoms with E-state index < -0.39 is 5.41 Å². The minimum absolute atomic E-state index is 0.0660. The number of pyridine rings is 1. The van der Waals surface area contributed by atoms with Crippen LogP contribution in [-0.2, 0) is 10.2 Å². The summed E-state index contributed by atoms with van der Waals surface area (Å²) >= 11 is 0. The van der Waals surface area contributed by atoms with Gasteiger partial charge in [-0.1, -0.05) is 24.3 Å². The van der Waals surface area contributed by atoms with E-state index in [-0.39, 0.29) is 5.91 Å². The maximum Gasteiger partial charge on any atom is 0.236 e. The van der Waals surface area contributed by atoms with Gasteiger partial charge in [-0.05, 0) is 43.2 Å². The van der Waals surface area contributed by atoms with Gasteiger partial charge < -0.3 is 20.7 Å². The molecular weight excluding hydrogens is 364 g/mol. The quantitative estimate of drug-likeness (QED) is 0.667. The van der Waals surface area contributed by atoms with Crippen LogP contribution in [0.2, 0.25) is 0 Å². The zero-order valence-corrected chi connectivity index (χ0v) is 16.0. The van der Waals surface area contributed by atoms with Gasteiger partial charge >= 0.3 is 0 Å². The number of piperidine rings is 1. The Morgan fingerprint density at radius 2 is 1.83 bits per heavy atom. The van der Waals surface area contributed by atoms with Crippen molar-refractivity contribution in [2.75, 3.05) is 29.0 Å². The van der Waals surface area contributed by atoms with Crippen LogP contribution in [-0.4, -0.2) is 24.0 Å². The molecule has 1 saturated heterocycles. The average Bonchev–Trinajstić information content (AvgIpc) is 3.02. The maximum absolute atomic E-state index is 12.7. The molecule has 6 heteroatoms. The molecule has 2 aliphatic rings. The molecule has 0 radical (unpaired) electrons. The number of rotatable bonds is 3. The van der Waals surface area contributed by atoms with Crippen LogP contribution in [0, 0.1) is 0 Å². The van der Waals surface area contributed by atoms with Gasteiger partial charge in [-0.2, -0.15) is 0 Å². The molecule has 2 aromatic carbocycles. The van der Waals surface area contributed by atoms with Gasteiger partial charge in [0.2, 0.25) is 5.91 Å². The van der Waals surface area contributed by atoms with Gasteiger partial charge in [-0.25, -0.2) is 4.98 Å². The number of nitrogens with zero attached hydrogens (tertiary/aromatic N) is 2. The molecule has 1 aromatic heterocycles. The number of para-hydroxylation sites is 1. The van der Waals surface area contributed by atoms with E-state index in [4.69, 9.17) is 10.5 Å². The van der Waals surface area contributed by atoms with Crippen molar-refractivity contribution in [2.24, 2.45) is 0 Å². The molecule has 3 heterocycles. The highest BCUT2D eigenvalue weighted by Gasteiger charge is 2.49. The highest BCUT2D eigenvalue weighted by Crippen LogP contribution is 2.45. The lowest BCUT2D eigenvalue weighted by Crippen LogP contribution is -2.46. The van der Waals surface area contributed by atoms with Gasteiger partial charge in [-0.15, -0.1) is 0 Å². The third kappa shape index (κ3) is 2.97. The van der Waals surface area contributed by atoms with Crippen molar-refractivity contribution < 1.29 is 9.53 Å². The molecule has 1 amide bonds. The Morgan fingerprint density at radius 1 is 1.03 bits per heavy atom. The summed E-state index contributed by atoms with van der Waals surface area (Å²) in [4.78, 5) is 19.4. The van der Waals surface area contributed by atoms with Gasteiger partial charge in [0.1, 0.15) is 11.6 Å². The topological polar surface area (TPSA) is 80.5 Å². The number of benzene rings is 2. The molecule has 0 atom stereocenters. The van der Waals surface area contributed by atoms with Gasteiger partial charge in [-0.3, -0.25) is 4.79 Å². The van der Waals surface area contributed by atoms with E-state index in [1.54, 1.807) is 6.20 Å². The zero-order valence-electron chi connectivity index (χ0n) is 16.0. The summed E-state index contributed by atoms with van der Waals surface area (Å²) in [6.07, 6.45) is 3.21. The lowest BCUT2D eigenvalue weighted by atomic mass is 9.74. The number of hydrogen-bond acceptors (Lipinski definition) is 5. The van der Waals surface area contributed by atoms with Crippen molar-refractivity contribution in [3.05, 3.63) is 72.4 Å². The summed E-state index contributed by atoms with van der Waals surface area (Å²) in [5.41, 5.74) is 8.32. The van der Waals surface area contributed by atoms with E-state index in [1.165, 1.54) is 0 Å². The summed E-state index contributed by atoms with van der Waals surface area (Å²) in [5.74, 6) is 2.16. The number of amides is 1. The predicted molar refractivity (Wildman–Crippen MR) is 113 cm³/mol. The molecule has 29 heavy (non-hydrogen) atoms. The molecule has 6 nitrogen and oxygen atoms in total. The Morgan fingerprint density at radius 3 is 2.62 bits per heavy atom. The van der Waals surface area contributed by atoms with Crippen LogP contribution in [0.4, 0.5) is 17.2 Å². The van der Waals surface area contributed by atoms with Gasteiger partial charge in [0.25, 0.3) is 0 Å². The first-order chi connectivity index (χ1) is 14.2. The van der Waals surface area contributed by atoms with E-state index in [9.17, 15) is 4.79 Å². The summed E-state index contributed by atoms with van der Waals surface area (Å²) in [6, 6.07) is 19.4. The van der Waals surface area contributed by atoms with E-state index in [0.717, 1.165) is 42.9 Å². The Bertz CT molecular complexity index is 1060. The van der Waals surface area contributed by atoms with E-state index in [2.05, 4.69) is 15.2 Å². The smallest absolute Gasteiger partial charge is 0.236 e. The molecule has 3 N–H and O–H groups in total. The Kier molecular flexibility index (Phi) is 4.12. The summed E-state index contributed by atoms with van der Waals surface area (Å²) in [6.45, 7) is 1.55. The fourth-order valence-electron chi connectivity index (χ4n) is 4.31. The second-order valence-electron chi connectivity index (χ2n) is 7.56. The molecule has 3 aromatic rings. The monoisotopic (exact) mass is 386 g/mol. The minimum Gasteiger partial charge on any atom is -0.455 e. The van der Waals surface area contributed by atoms with E-state index in [0.29, 0.717) is 17.3 Å². The average molecular weight is 386 g/mol. The van der Waals surface area contributed by atoms with Crippen molar-refractivity contribution in [3.8, 4) is 11.5 Å². The Hall–Kier alpha value is -3.54. The van der Waals surface area contributed by atoms with Crippen LogP contribution in [0.15, 0.2) is 66.9 Å². The van der Waals surface area contributed by atoms with Crippen molar-refractivity contribution in [2.45, 2.75) is 18.3 Å². The second kappa shape index (κ2) is 6.81. The van der Waals surface area contributed by atoms with E-state index >= 15 is 0 Å². The molecule has 146 valence electrons. The molecule has 1 spiro atoms. The third-order valence-corrected chi connectivity index (χ3v) is 5.94. The number of aromatic nitrogens is 1. The highest BCUT2D eigenvalue weighted by molar-refractivity contribution is 6.05. The lowest BCUT2D eigenvalue weighted by molar-refractivity contribution is -0.121. The van der Waals surface area contributed by atoms with Crippen LogP contribution in [0.1, 0.15) is 18.4 Å². The van der Waals surface area contributed by atoms with Crippen LogP contribution in [0.3, 0.4) is 0 Å². The second-order valence-corrected chi connectivity index (χ2v) is 7.56. The largest absolute Gasteiger partial charge is 0.455 e. The summed E-state index contributed by atoms with van der Waals surface area (Å²) in [7, 11) is 0. The first kappa shape index (κ1) is 17.6. The maximum atomic E-state index is 12.7. The molecule has 2 aliphatic heterocycles. The number of nitrogens with one attached hydrogen (secondary N) is 1. The van der Waals surface area contributed by atoms with Crippen molar-refractivity contribution in [1.82, 2.24) is 4.98 Å². The Labute approximate surface area is 169 Å². The predicted octanol–water partition coefficient (Wildman–Crippen LogP) is 3.95. The molecule has 0 unspecified atom stereocenters. The molecule has 5 rings (SSSR count). The number of anilines is 3. The number of carbonyl (C=O) groups is 1. The number of nitrogens with two attached hydrogens (primary N) is 1. The molecule has 1 fully saturated rings. The van der Waals surface area contributed by atoms with Gasteiger partial charge in [0.15, 0.2) is 5.75 Å². The first-order valence-corrected chi connectivity index (χ1v) is 9.80. The lowest BCUT2D eigenvalue weighted by Gasteiger charge is -2.39. The standard InChI is InChI=1S/C23H22N4O2/c24-19-9-8-16(15-20(19)29-17-5-2-1-3-6-17)27-13-10-23(11-14-27)18-7-4-12-25-21(18)26-22(23)28/h1-9,12,15H,10-11,13-14,24H2,(H,25,26,28). The number of carbonyl (C=O) groups excluding carboxylic acids is 1. The van der Waals surface area contributed by atoms with Crippen molar-refractivity contribution in [1.29, 1.82) is 0 Å². The third-order valence-electron chi connectivity index (χ3n) is 5.94. The zero-order chi connectivity index (χ0) is 19.8. The molecular formula is C23H22N4O2. The van der Waals surface area contributed by atoms with Crippen molar-refractivity contribution in [3.63, 3.8) is 0 Å². The number of ether oxygens (including phenoxy) is 1. The fourth-order valence-corrected chi connectivity index (χ4v) is 4.31. The molecule has 0 aliphatic carbocycles. The fraction of sp³-hybridized carbons (Fsp3) is 0.217. The summed E-state index contributed by atoms with van der Waals surface area (Å²) < 4.78 is 5.97. The number of fused-ring (bicyclic) bond motifs is 2. The van der Waals surface area contributed by atoms with Crippen LogP contribution < -0.4 is 20.7 Å². The highest BCUT2D eigenvalue weighted by atomic mass is 16.5. The van der Waals surface area contributed by atoms with Crippen molar-refractivity contribution >= 4 is 23.1 Å². The Balaban J connectivity index is 1.36. The van der Waals surface area contributed by atoms with Gasteiger partial charge in [0.05, 0.1) is 11.1 Å². The van der Waals surface area contributed by atoms with Gasteiger partial charge in [0, 0.05) is 36.6 Å². The van der Waals surface area contributed by atoms with E-state index in [1.807, 2.05) is 60.7 Å². The number of nitrogen functional groups attached to an aromatic ring is 1. The van der Waals surface area contributed by atoms with Crippen LogP contribution in [0.5, 0.6) is 11.5 Å². The summed E-state index contributed by atoms with van der Waals surface area (Å²) in [5, 5.41) is 2.95. The molecule has 0 saturated carbocycles. The first-order valence-electron chi connectivity index (χ1n) is 9.80. The minimum atomic E-state index is -0.475.